The van der Waals surface area contributed by atoms with Crippen molar-refractivity contribution in [2.45, 2.75) is 25.3 Å². The van der Waals surface area contributed by atoms with Gasteiger partial charge in [-0.05, 0) is 30.4 Å². The highest BCUT2D eigenvalue weighted by Gasteiger charge is 2.29. The monoisotopic (exact) mass is 280 g/mol. The van der Waals surface area contributed by atoms with Gasteiger partial charge in [-0.1, -0.05) is 48.5 Å². The third kappa shape index (κ3) is 3.50. The molecule has 0 spiro atoms. The van der Waals surface area contributed by atoms with Gasteiger partial charge in [0.25, 0.3) is 0 Å². The number of carbonyl (C=O) groups is 1. The van der Waals surface area contributed by atoms with Crippen LogP contribution in [0.3, 0.4) is 0 Å². The fraction of sp³-hybridized carbons (Fsp3) is 0.278. The van der Waals surface area contributed by atoms with Crippen molar-refractivity contribution >= 4 is 11.6 Å². The predicted molar refractivity (Wildman–Crippen MR) is 85.8 cm³/mol. The molecule has 0 aromatic heterocycles. The molecular formula is C18H20N2O. The van der Waals surface area contributed by atoms with E-state index in [4.69, 9.17) is 5.73 Å². The van der Waals surface area contributed by atoms with Gasteiger partial charge in [-0.15, -0.1) is 0 Å². The van der Waals surface area contributed by atoms with E-state index >= 15 is 0 Å². The Morgan fingerprint density at radius 3 is 2.48 bits per heavy atom. The van der Waals surface area contributed by atoms with Crippen LogP contribution in [-0.2, 0) is 4.79 Å². The molecular weight excluding hydrogens is 260 g/mol. The Hall–Kier alpha value is -2.13. The molecule has 0 heterocycles. The molecule has 1 amide bonds. The maximum Gasteiger partial charge on any atom is 0.225 e. The number of nitrogens with two attached hydrogens (primary N) is 1. The van der Waals surface area contributed by atoms with E-state index in [9.17, 15) is 4.79 Å². The van der Waals surface area contributed by atoms with Gasteiger partial charge < -0.3 is 11.1 Å². The van der Waals surface area contributed by atoms with E-state index in [1.165, 1.54) is 0 Å². The Morgan fingerprint density at radius 2 is 1.76 bits per heavy atom. The molecule has 1 atom stereocenters. The molecule has 2 aromatic carbocycles. The van der Waals surface area contributed by atoms with E-state index in [2.05, 4.69) is 5.32 Å². The average Bonchev–Trinajstić information content (AvgIpc) is 3.33. The fourth-order valence-corrected chi connectivity index (χ4v) is 2.57. The summed E-state index contributed by atoms with van der Waals surface area (Å²) in [5, 5.41) is 3.00. The minimum atomic E-state index is -0.00566. The Labute approximate surface area is 125 Å². The van der Waals surface area contributed by atoms with Crippen molar-refractivity contribution in [1.82, 2.24) is 0 Å². The second kappa shape index (κ2) is 6.10. The Kier molecular flexibility index (Phi) is 4.02. The molecule has 3 rings (SSSR count). The van der Waals surface area contributed by atoms with Gasteiger partial charge in [0.1, 0.15) is 0 Å². The second-order valence-corrected chi connectivity index (χ2v) is 5.67. The van der Waals surface area contributed by atoms with Crippen LogP contribution in [0.25, 0.3) is 11.1 Å². The van der Waals surface area contributed by atoms with Crippen LogP contribution in [0.2, 0.25) is 0 Å². The van der Waals surface area contributed by atoms with Crippen molar-refractivity contribution in [3.63, 3.8) is 0 Å². The number of carbonyl (C=O) groups excluding carboxylic acids is 1. The third-order valence-corrected chi connectivity index (χ3v) is 3.93. The van der Waals surface area contributed by atoms with Crippen LogP contribution in [0.15, 0.2) is 54.6 Å². The molecule has 0 saturated heterocycles. The Bertz CT molecular complexity index is 620. The van der Waals surface area contributed by atoms with Crippen molar-refractivity contribution in [2.75, 3.05) is 5.32 Å². The topological polar surface area (TPSA) is 55.1 Å². The van der Waals surface area contributed by atoms with Gasteiger partial charge in [-0.25, -0.2) is 0 Å². The molecule has 1 aliphatic carbocycles. The summed E-state index contributed by atoms with van der Waals surface area (Å²) < 4.78 is 0. The average molecular weight is 280 g/mol. The molecule has 0 bridgehead atoms. The highest BCUT2D eigenvalue weighted by molar-refractivity contribution is 5.95. The minimum absolute atomic E-state index is 0.00205. The van der Waals surface area contributed by atoms with Crippen LogP contribution in [0.1, 0.15) is 19.3 Å². The Morgan fingerprint density at radius 1 is 1.10 bits per heavy atom. The SMILES string of the molecule is NC(CC(=O)Nc1ccccc1-c1ccccc1)C1CC1. The number of benzene rings is 2. The molecule has 0 aliphatic heterocycles. The summed E-state index contributed by atoms with van der Waals surface area (Å²) in [6.45, 7) is 0. The molecule has 3 heteroatoms. The van der Waals surface area contributed by atoms with Crippen LogP contribution in [0.4, 0.5) is 5.69 Å². The molecule has 1 fully saturated rings. The van der Waals surface area contributed by atoms with E-state index in [0.29, 0.717) is 12.3 Å². The van der Waals surface area contributed by atoms with Gasteiger partial charge >= 0.3 is 0 Å². The van der Waals surface area contributed by atoms with Gasteiger partial charge in [0.05, 0.1) is 0 Å². The first-order valence-electron chi connectivity index (χ1n) is 7.44. The predicted octanol–water partition coefficient (Wildman–Crippen LogP) is 3.42. The zero-order valence-corrected chi connectivity index (χ0v) is 12.0. The molecule has 1 aliphatic rings. The first kappa shape index (κ1) is 13.8. The lowest BCUT2D eigenvalue weighted by Crippen LogP contribution is -2.28. The van der Waals surface area contributed by atoms with Crippen LogP contribution in [-0.4, -0.2) is 11.9 Å². The van der Waals surface area contributed by atoms with Crippen LogP contribution < -0.4 is 11.1 Å². The zero-order chi connectivity index (χ0) is 14.7. The molecule has 2 aromatic rings. The maximum absolute atomic E-state index is 12.1. The molecule has 21 heavy (non-hydrogen) atoms. The van der Waals surface area contributed by atoms with Gasteiger partial charge in [0, 0.05) is 23.7 Å². The standard InChI is InChI=1S/C18H20N2O/c19-16(14-10-11-14)12-18(21)20-17-9-5-4-8-15(17)13-6-2-1-3-7-13/h1-9,14,16H,10-12,19H2,(H,20,21). The Balaban J connectivity index is 1.74. The number of rotatable bonds is 5. The lowest BCUT2D eigenvalue weighted by molar-refractivity contribution is -0.116. The van der Waals surface area contributed by atoms with Gasteiger partial charge in [0.15, 0.2) is 0 Å². The smallest absolute Gasteiger partial charge is 0.225 e. The molecule has 3 N–H and O–H groups in total. The second-order valence-electron chi connectivity index (χ2n) is 5.67. The van der Waals surface area contributed by atoms with Gasteiger partial charge in [0.2, 0.25) is 5.91 Å². The van der Waals surface area contributed by atoms with E-state index in [-0.39, 0.29) is 11.9 Å². The largest absolute Gasteiger partial charge is 0.327 e. The maximum atomic E-state index is 12.1. The highest BCUT2D eigenvalue weighted by Crippen LogP contribution is 2.33. The summed E-state index contributed by atoms with van der Waals surface area (Å²) in [5.41, 5.74) is 9.00. The van der Waals surface area contributed by atoms with Crippen molar-refractivity contribution in [1.29, 1.82) is 0 Å². The molecule has 1 saturated carbocycles. The van der Waals surface area contributed by atoms with E-state index in [0.717, 1.165) is 29.7 Å². The van der Waals surface area contributed by atoms with Crippen LogP contribution >= 0.6 is 0 Å². The first-order valence-corrected chi connectivity index (χ1v) is 7.44. The molecule has 108 valence electrons. The first-order chi connectivity index (χ1) is 10.2. The molecule has 1 unspecified atom stereocenters. The number of nitrogens with one attached hydrogen (secondary N) is 1. The summed E-state index contributed by atoms with van der Waals surface area (Å²) in [4.78, 5) is 12.1. The summed E-state index contributed by atoms with van der Waals surface area (Å²) in [5.74, 6) is 0.540. The van der Waals surface area contributed by atoms with E-state index < -0.39 is 0 Å². The highest BCUT2D eigenvalue weighted by atomic mass is 16.1. The van der Waals surface area contributed by atoms with Gasteiger partial charge in [-0.2, -0.15) is 0 Å². The van der Waals surface area contributed by atoms with Crippen molar-refractivity contribution in [3.05, 3.63) is 54.6 Å². The summed E-state index contributed by atoms with van der Waals surface area (Å²) >= 11 is 0. The summed E-state index contributed by atoms with van der Waals surface area (Å²) in [6.07, 6.45) is 2.72. The fourth-order valence-electron chi connectivity index (χ4n) is 2.57. The number of para-hydroxylation sites is 1. The third-order valence-electron chi connectivity index (χ3n) is 3.93. The van der Waals surface area contributed by atoms with Crippen molar-refractivity contribution in [3.8, 4) is 11.1 Å². The summed E-state index contributed by atoms with van der Waals surface area (Å²) in [7, 11) is 0. The summed E-state index contributed by atoms with van der Waals surface area (Å²) in [6, 6.07) is 17.9. The number of amides is 1. The zero-order valence-electron chi connectivity index (χ0n) is 12.0. The van der Waals surface area contributed by atoms with Crippen LogP contribution in [0, 0.1) is 5.92 Å². The normalized spacial score (nSPS) is 15.5. The minimum Gasteiger partial charge on any atom is -0.327 e. The quantitative estimate of drug-likeness (QED) is 0.881. The van der Waals surface area contributed by atoms with Crippen molar-refractivity contribution in [2.24, 2.45) is 11.7 Å². The van der Waals surface area contributed by atoms with E-state index in [1.54, 1.807) is 0 Å². The molecule has 0 radical (unpaired) electrons. The molecule has 3 nitrogen and oxygen atoms in total. The lowest BCUT2D eigenvalue weighted by Gasteiger charge is -2.13. The van der Waals surface area contributed by atoms with E-state index in [1.807, 2.05) is 54.6 Å². The lowest BCUT2D eigenvalue weighted by atomic mass is 10.0. The number of anilines is 1. The van der Waals surface area contributed by atoms with Gasteiger partial charge in [-0.3, -0.25) is 4.79 Å². The van der Waals surface area contributed by atoms with Crippen LogP contribution in [0.5, 0.6) is 0 Å². The number of hydrogen-bond acceptors (Lipinski definition) is 2. The van der Waals surface area contributed by atoms with Crippen molar-refractivity contribution < 1.29 is 4.79 Å². The number of hydrogen-bond donors (Lipinski definition) is 2.